The van der Waals surface area contributed by atoms with Crippen molar-refractivity contribution in [2.45, 2.75) is 26.1 Å². The van der Waals surface area contributed by atoms with Crippen molar-refractivity contribution in [3.63, 3.8) is 0 Å². The van der Waals surface area contributed by atoms with E-state index in [9.17, 15) is 22.4 Å². The molecule has 154 valence electrons. The van der Waals surface area contributed by atoms with Crippen LogP contribution in [0.3, 0.4) is 0 Å². The Morgan fingerprint density at radius 3 is 2.66 bits per heavy atom. The zero-order chi connectivity index (χ0) is 21.3. The summed E-state index contributed by atoms with van der Waals surface area (Å²) >= 11 is 5.80. The van der Waals surface area contributed by atoms with Gasteiger partial charge in [0, 0.05) is 18.0 Å². The van der Waals surface area contributed by atoms with E-state index in [1.54, 1.807) is 23.9 Å². The van der Waals surface area contributed by atoms with Gasteiger partial charge in [-0.3, -0.25) is 9.48 Å². The third-order valence-electron chi connectivity index (χ3n) is 4.36. The van der Waals surface area contributed by atoms with Crippen LogP contribution in [0.2, 0.25) is 5.02 Å². The molecule has 1 unspecified atom stereocenters. The van der Waals surface area contributed by atoms with Crippen molar-refractivity contribution in [1.82, 2.24) is 9.78 Å². The number of carboxylic acid groups (broad SMARTS) is 1. The molecule has 0 spiro atoms. The Morgan fingerprint density at radius 2 is 2.03 bits per heavy atom. The third-order valence-corrected chi connectivity index (χ3v) is 4.64. The molecule has 0 saturated carbocycles. The van der Waals surface area contributed by atoms with Crippen molar-refractivity contribution >= 4 is 28.5 Å². The molecule has 5 nitrogen and oxygen atoms in total. The maximum absolute atomic E-state index is 14.2. The molecule has 10 heteroatoms. The number of halogens is 5. The zero-order valence-electron chi connectivity index (χ0n) is 15.0. The van der Waals surface area contributed by atoms with E-state index in [0.717, 1.165) is 5.39 Å². The zero-order valence-corrected chi connectivity index (χ0v) is 15.8. The summed E-state index contributed by atoms with van der Waals surface area (Å²) in [4.78, 5) is 11.0. The van der Waals surface area contributed by atoms with Crippen LogP contribution in [0.25, 0.3) is 10.9 Å². The van der Waals surface area contributed by atoms with E-state index in [1.807, 2.05) is 0 Å². The normalized spacial score (nSPS) is 12.9. The number of nitrogens with zero attached hydrogens (tertiary/aromatic N) is 2. The van der Waals surface area contributed by atoms with Crippen LogP contribution in [0.1, 0.15) is 18.9 Å². The van der Waals surface area contributed by atoms with Crippen molar-refractivity contribution in [2.24, 2.45) is 5.92 Å². The lowest BCUT2D eigenvalue weighted by Gasteiger charge is -2.13. The molecule has 1 aromatic heterocycles. The number of alkyl halides is 3. The van der Waals surface area contributed by atoms with Gasteiger partial charge in [-0.2, -0.15) is 18.3 Å². The minimum absolute atomic E-state index is 0.145. The van der Waals surface area contributed by atoms with Crippen LogP contribution in [0.4, 0.5) is 17.6 Å². The Balaban J connectivity index is 1.88. The topological polar surface area (TPSA) is 64.4 Å². The fourth-order valence-corrected chi connectivity index (χ4v) is 2.92. The molecule has 3 aromatic rings. The van der Waals surface area contributed by atoms with Gasteiger partial charge in [-0.05, 0) is 30.7 Å². The molecular weight excluding hydrogens is 416 g/mol. The van der Waals surface area contributed by atoms with Gasteiger partial charge in [-0.25, -0.2) is 4.39 Å². The summed E-state index contributed by atoms with van der Waals surface area (Å²) < 4.78 is 59.4. The van der Waals surface area contributed by atoms with Crippen LogP contribution >= 0.6 is 11.6 Å². The van der Waals surface area contributed by atoms with E-state index in [0.29, 0.717) is 30.6 Å². The molecule has 0 aliphatic heterocycles. The van der Waals surface area contributed by atoms with E-state index in [-0.39, 0.29) is 5.75 Å². The first kappa shape index (κ1) is 20.9. The Bertz CT molecular complexity index is 1040. The summed E-state index contributed by atoms with van der Waals surface area (Å²) in [7, 11) is 0. The Morgan fingerprint density at radius 1 is 1.31 bits per heavy atom. The van der Waals surface area contributed by atoms with E-state index in [4.69, 9.17) is 21.4 Å². The van der Waals surface area contributed by atoms with E-state index < -0.39 is 40.2 Å². The Hall–Kier alpha value is -2.81. The molecule has 1 N–H and O–H groups in total. The quantitative estimate of drug-likeness (QED) is 0.506. The summed E-state index contributed by atoms with van der Waals surface area (Å²) in [5.74, 6) is -3.10. The number of hydrogen-bond acceptors (Lipinski definition) is 3. The average molecular weight is 431 g/mol. The number of hydrogen-bond donors (Lipinski definition) is 1. The van der Waals surface area contributed by atoms with Crippen molar-refractivity contribution < 1.29 is 32.2 Å². The Labute approximate surface area is 167 Å². The number of ether oxygens (including phenoxy) is 1. The highest BCUT2D eigenvalue weighted by molar-refractivity contribution is 6.32. The minimum atomic E-state index is -4.73. The largest absolute Gasteiger partial charge is 0.481 e. The van der Waals surface area contributed by atoms with Gasteiger partial charge in [0.05, 0.1) is 28.2 Å². The molecule has 1 atom stereocenters. The number of aromatic nitrogens is 2. The van der Waals surface area contributed by atoms with Crippen molar-refractivity contribution in [2.75, 3.05) is 0 Å². The molecule has 0 bridgehead atoms. The van der Waals surface area contributed by atoms with Crippen LogP contribution in [-0.4, -0.2) is 20.9 Å². The molecular formula is C19H15ClF4N2O3. The first-order valence-electron chi connectivity index (χ1n) is 8.48. The highest BCUT2D eigenvalue weighted by Crippen LogP contribution is 2.39. The standard InChI is InChI=1S/C19H15ClF4N2O3/c1-10(18(27)28)4-5-26-16-8-13(3-2-11(16)9-25-26)29-17-14(20)6-12(7-15(17)21)19(22,23)24/h2-3,6-10H,4-5H2,1H3,(H,27,28). The van der Waals surface area contributed by atoms with E-state index >= 15 is 0 Å². The number of carboxylic acids is 1. The van der Waals surface area contributed by atoms with Gasteiger partial charge in [0.2, 0.25) is 0 Å². The maximum Gasteiger partial charge on any atom is 0.416 e. The molecule has 0 radical (unpaired) electrons. The second kappa shape index (κ2) is 7.90. The van der Waals surface area contributed by atoms with Gasteiger partial charge >= 0.3 is 12.1 Å². The van der Waals surface area contributed by atoms with E-state index in [1.165, 1.54) is 12.1 Å². The Kier molecular flexibility index (Phi) is 5.70. The van der Waals surface area contributed by atoms with E-state index in [2.05, 4.69) is 5.10 Å². The number of fused-ring (bicyclic) bond motifs is 1. The smallest absolute Gasteiger partial charge is 0.416 e. The van der Waals surface area contributed by atoms with Crippen LogP contribution in [0, 0.1) is 11.7 Å². The molecule has 0 aliphatic rings. The van der Waals surface area contributed by atoms with Crippen LogP contribution in [0.5, 0.6) is 11.5 Å². The second-order valence-corrected chi connectivity index (χ2v) is 6.89. The van der Waals surface area contributed by atoms with Gasteiger partial charge in [0.25, 0.3) is 0 Å². The third kappa shape index (κ3) is 4.61. The minimum Gasteiger partial charge on any atom is -0.481 e. The molecule has 29 heavy (non-hydrogen) atoms. The van der Waals surface area contributed by atoms with Crippen molar-refractivity contribution in [3.8, 4) is 11.5 Å². The number of aliphatic carboxylic acids is 1. The second-order valence-electron chi connectivity index (χ2n) is 6.49. The summed E-state index contributed by atoms with van der Waals surface area (Å²) in [6, 6.07) is 5.58. The predicted molar refractivity (Wildman–Crippen MR) is 97.6 cm³/mol. The molecule has 0 amide bonds. The SMILES string of the molecule is CC(CCn1ncc2ccc(Oc3c(F)cc(C(F)(F)F)cc3Cl)cc21)C(=O)O. The maximum atomic E-state index is 14.2. The summed E-state index contributed by atoms with van der Waals surface area (Å²) in [6.45, 7) is 1.91. The van der Waals surface area contributed by atoms with Gasteiger partial charge in [-0.1, -0.05) is 18.5 Å². The molecule has 0 fully saturated rings. The van der Waals surface area contributed by atoms with Crippen molar-refractivity contribution in [1.29, 1.82) is 0 Å². The predicted octanol–water partition coefficient (Wildman–Crippen LogP) is 5.75. The molecule has 0 saturated heterocycles. The fraction of sp³-hybridized carbons (Fsp3) is 0.263. The van der Waals surface area contributed by atoms with Gasteiger partial charge in [-0.15, -0.1) is 0 Å². The van der Waals surface area contributed by atoms with Gasteiger partial charge < -0.3 is 9.84 Å². The summed E-state index contributed by atoms with van der Waals surface area (Å²) in [6.07, 6.45) is -2.81. The summed E-state index contributed by atoms with van der Waals surface area (Å²) in [5.41, 5.74) is -0.614. The summed E-state index contributed by atoms with van der Waals surface area (Å²) in [5, 5.41) is 13.4. The monoisotopic (exact) mass is 430 g/mol. The highest BCUT2D eigenvalue weighted by atomic mass is 35.5. The number of benzene rings is 2. The number of rotatable bonds is 6. The molecule has 1 heterocycles. The van der Waals surface area contributed by atoms with Gasteiger partial charge in [0.15, 0.2) is 11.6 Å². The molecule has 2 aromatic carbocycles. The first-order valence-corrected chi connectivity index (χ1v) is 8.86. The fourth-order valence-electron chi connectivity index (χ4n) is 2.67. The lowest BCUT2D eigenvalue weighted by atomic mass is 10.1. The average Bonchev–Trinajstić information content (AvgIpc) is 3.04. The lowest BCUT2D eigenvalue weighted by molar-refractivity contribution is -0.141. The van der Waals surface area contributed by atoms with Crippen LogP contribution in [0.15, 0.2) is 36.5 Å². The van der Waals surface area contributed by atoms with Crippen LogP contribution in [-0.2, 0) is 17.5 Å². The number of carbonyl (C=O) groups is 1. The van der Waals surface area contributed by atoms with Crippen LogP contribution < -0.4 is 4.74 Å². The number of aryl methyl sites for hydroxylation is 1. The van der Waals surface area contributed by atoms with Gasteiger partial charge in [0.1, 0.15) is 5.75 Å². The first-order chi connectivity index (χ1) is 13.6. The molecule has 0 aliphatic carbocycles. The lowest BCUT2D eigenvalue weighted by Crippen LogP contribution is -2.13. The van der Waals surface area contributed by atoms with Crippen molar-refractivity contribution in [3.05, 3.63) is 52.9 Å². The molecule has 3 rings (SSSR count). The highest BCUT2D eigenvalue weighted by Gasteiger charge is 2.32.